The number of nitrogens with zero attached hydrogens (tertiary/aromatic N) is 2. The third-order valence-corrected chi connectivity index (χ3v) is 4.54. The van der Waals surface area contributed by atoms with Gasteiger partial charge in [-0.1, -0.05) is 13.0 Å². The molecule has 1 aliphatic rings. The van der Waals surface area contributed by atoms with Crippen molar-refractivity contribution in [2.45, 2.75) is 38.3 Å². The van der Waals surface area contributed by atoms with E-state index in [0.29, 0.717) is 12.1 Å². The predicted molar refractivity (Wildman–Crippen MR) is 85.1 cm³/mol. The van der Waals surface area contributed by atoms with Gasteiger partial charge in [-0.3, -0.25) is 0 Å². The Hall–Kier alpha value is -0.740. The standard InChI is InChI=1S/C15H25N3S/c1-3-13(12-19-2)17-14-7-10-18(11-8-14)15-6-4-5-9-16-15/h4-6,9,13-14,17H,3,7-8,10-12H2,1-2H3. The third kappa shape index (κ3) is 4.39. The highest BCUT2D eigenvalue weighted by molar-refractivity contribution is 7.98. The van der Waals surface area contributed by atoms with Crippen LogP contribution < -0.4 is 10.2 Å². The van der Waals surface area contributed by atoms with Crippen LogP contribution in [0.5, 0.6) is 0 Å². The molecule has 0 radical (unpaired) electrons. The van der Waals surface area contributed by atoms with Crippen LogP contribution in [0.4, 0.5) is 5.82 Å². The Morgan fingerprint density at radius 2 is 2.21 bits per heavy atom. The maximum Gasteiger partial charge on any atom is 0.128 e. The molecule has 0 amide bonds. The fraction of sp³-hybridized carbons (Fsp3) is 0.667. The van der Waals surface area contributed by atoms with Gasteiger partial charge in [-0.05, 0) is 37.7 Å². The summed E-state index contributed by atoms with van der Waals surface area (Å²) in [4.78, 5) is 6.83. The maximum atomic E-state index is 4.44. The second-order valence-corrected chi connectivity index (χ2v) is 6.09. The molecule has 1 fully saturated rings. The molecule has 0 aromatic carbocycles. The van der Waals surface area contributed by atoms with Crippen LogP contribution >= 0.6 is 11.8 Å². The molecule has 0 spiro atoms. The molecule has 1 aliphatic heterocycles. The van der Waals surface area contributed by atoms with Gasteiger partial charge in [-0.15, -0.1) is 0 Å². The largest absolute Gasteiger partial charge is 0.357 e. The minimum absolute atomic E-state index is 0.668. The number of piperidine rings is 1. The Morgan fingerprint density at radius 1 is 1.42 bits per heavy atom. The summed E-state index contributed by atoms with van der Waals surface area (Å²) in [7, 11) is 0. The van der Waals surface area contributed by atoms with Crippen LogP contribution in [0.2, 0.25) is 0 Å². The van der Waals surface area contributed by atoms with E-state index in [4.69, 9.17) is 0 Å². The molecular weight excluding hydrogens is 254 g/mol. The van der Waals surface area contributed by atoms with Gasteiger partial charge in [0.15, 0.2) is 0 Å². The minimum Gasteiger partial charge on any atom is -0.357 e. The van der Waals surface area contributed by atoms with Crippen molar-refractivity contribution >= 4 is 17.6 Å². The summed E-state index contributed by atoms with van der Waals surface area (Å²) < 4.78 is 0. The zero-order chi connectivity index (χ0) is 13.5. The van der Waals surface area contributed by atoms with Gasteiger partial charge >= 0.3 is 0 Å². The lowest BCUT2D eigenvalue weighted by molar-refractivity contribution is 0.373. The molecule has 0 bridgehead atoms. The maximum absolute atomic E-state index is 4.44. The van der Waals surface area contributed by atoms with Gasteiger partial charge in [-0.2, -0.15) is 11.8 Å². The highest BCUT2D eigenvalue weighted by Crippen LogP contribution is 2.18. The Kier molecular flexibility index (Phi) is 5.98. The van der Waals surface area contributed by atoms with Crippen molar-refractivity contribution < 1.29 is 0 Å². The lowest BCUT2D eigenvalue weighted by atomic mass is 10.0. The summed E-state index contributed by atoms with van der Waals surface area (Å²) in [6.07, 6.45) is 7.74. The zero-order valence-corrected chi connectivity index (χ0v) is 12.8. The number of hydrogen-bond acceptors (Lipinski definition) is 4. The van der Waals surface area contributed by atoms with E-state index in [2.05, 4.69) is 40.5 Å². The first-order valence-electron chi connectivity index (χ1n) is 7.24. The van der Waals surface area contributed by atoms with Crippen LogP contribution in [0.3, 0.4) is 0 Å². The number of thioether (sulfide) groups is 1. The number of nitrogens with one attached hydrogen (secondary N) is 1. The molecule has 1 atom stereocenters. The first-order valence-corrected chi connectivity index (χ1v) is 8.63. The van der Waals surface area contributed by atoms with Gasteiger partial charge in [0.1, 0.15) is 5.82 Å². The summed E-state index contributed by atoms with van der Waals surface area (Å²) >= 11 is 1.94. The lowest BCUT2D eigenvalue weighted by Crippen LogP contribution is -2.47. The van der Waals surface area contributed by atoms with Crippen molar-refractivity contribution in [1.29, 1.82) is 0 Å². The van der Waals surface area contributed by atoms with Crippen molar-refractivity contribution in [3.05, 3.63) is 24.4 Å². The molecule has 0 saturated carbocycles. The molecule has 106 valence electrons. The van der Waals surface area contributed by atoms with E-state index < -0.39 is 0 Å². The zero-order valence-electron chi connectivity index (χ0n) is 12.0. The smallest absolute Gasteiger partial charge is 0.128 e. The Labute approximate surface area is 121 Å². The van der Waals surface area contributed by atoms with E-state index in [1.807, 2.05) is 24.0 Å². The van der Waals surface area contributed by atoms with Gasteiger partial charge in [0, 0.05) is 37.1 Å². The molecule has 2 rings (SSSR count). The fourth-order valence-electron chi connectivity index (χ4n) is 2.63. The molecule has 1 aromatic heterocycles. The van der Waals surface area contributed by atoms with Crippen molar-refractivity contribution in [3.8, 4) is 0 Å². The van der Waals surface area contributed by atoms with E-state index in [1.54, 1.807) is 0 Å². The molecule has 1 unspecified atom stereocenters. The lowest BCUT2D eigenvalue weighted by Gasteiger charge is -2.35. The molecule has 19 heavy (non-hydrogen) atoms. The van der Waals surface area contributed by atoms with E-state index in [-0.39, 0.29) is 0 Å². The van der Waals surface area contributed by atoms with Crippen LogP contribution in [0, 0.1) is 0 Å². The van der Waals surface area contributed by atoms with E-state index in [0.717, 1.165) is 18.9 Å². The highest BCUT2D eigenvalue weighted by Gasteiger charge is 2.21. The number of rotatable bonds is 6. The first kappa shape index (κ1) is 14.7. The van der Waals surface area contributed by atoms with Gasteiger partial charge in [-0.25, -0.2) is 4.98 Å². The van der Waals surface area contributed by atoms with Gasteiger partial charge in [0.25, 0.3) is 0 Å². The number of anilines is 1. The van der Waals surface area contributed by atoms with Crippen LogP contribution in [0.25, 0.3) is 0 Å². The number of hydrogen-bond donors (Lipinski definition) is 1. The summed E-state index contributed by atoms with van der Waals surface area (Å²) in [5.74, 6) is 2.34. The number of aromatic nitrogens is 1. The summed E-state index contributed by atoms with van der Waals surface area (Å²) in [5.41, 5.74) is 0. The highest BCUT2D eigenvalue weighted by atomic mass is 32.2. The average Bonchev–Trinajstić information content (AvgIpc) is 2.48. The molecule has 0 aliphatic carbocycles. The van der Waals surface area contributed by atoms with Gasteiger partial charge in [0.2, 0.25) is 0 Å². The Morgan fingerprint density at radius 3 is 2.79 bits per heavy atom. The van der Waals surface area contributed by atoms with E-state index in [1.165, 1.54) is 25.0 Å². The summed E-state index contributed by atoms with van der Waals surface area (Å²) in [6.45, 7) is 4.51. The monoisotopic (exact) mass is 279 g/mol. The van der Waals surface area contributed by atoms with Crippen molar-refractivity contribution in [1.82, 2.24) is 10.3 Å². The fourth-order valence-corrected chi connectivity index (χ4v) is 3.37. The normalized spacial score (nSPS) is 18.5. The summed E-state index contributed by atoms with van der Waals surface area (Å²) in [5, 5.41) is 3.81. The number of pyridine rings is 1. The quantitative estimate of drug-likeness (QED) is 0.867. The molecule has 1 aromatic rings. The molecule has 1 saturated heterocycles. The predicted octanol–water partition coefficient (Wildman–Crippen LogP) is 2.78. The molecule has 2 heterocycles. The van der Waals surface area contributed by atoms with Crippen LogP contribution in [-0.4, -0.2) is 42.2 Å². The van der Waals surface area contributed by atoms with Crippen LogP contribution in [0.1, 0.15) is 26.2 Å². The third-order valence-electron chi connectivity index (χ3n) is 3.80. The van der Waals surface area contributed by atoms with Crippen LogP contribution in [-0.2, 0) is 0 Å². The molecule has 1 N–H and O–H groups in total. The van der Waals surface area contributed by atoms with Crippen LogP contribution in [0.15, 0.2) is 24.4 Å². The molecule has 3 nitrogen and oxygen atoms in total. The Balaban J connectivity index is 1.79. The second-order valence-electron chi connectivity index (χ2n) is 5.18. The summed E-state index contributed by atoms with van der Waals surface area (Å²) in [6, 6.07) is 7.50. The van der Waals surface area contributed by atoms with Gasteiger partial charge < -0.3 is 10.2 Å². The van der Waals surface area contributed by atoms with Crippen molar-refractivity contribution in [2.24, 2.45) is 0 Å². The Bertz CT molecular complexity index is 350. The van der Waals surface area contributed by atoms with Crippen molar-refractivity contribution in [2.75, 3.05) is 30.0 Å². The molecule has 4 heteroatoms. The molecular formula is C15H25N3S. The van der Waals surface area contributed by atoms with E-state index in [9.17, 15) is 0 Å². The average molecular weight is 279 g/mol. The van der Waals surface area contributed by atoms with E-state index >= 15 is 0 Å². The van der Waals surface area contributed by atoms with Crippen molar-refractivity contribution in [3.63, 3.8) is 0 Å². The minimum atomic E-state index is 0.668. The first-order chi connectivity index (χ1) is 9.33. The SMILES string of the molecule is CCC(CSC)NC1CCN(c2ccccn2)CC1. The second kappa shape index (κ2) is 7.75. The topological polar surface area (TPSA) is 28.2 Å². The van der Waals surface area contributed by atoms with Gasteiger partial charge in [0.05, 0.1) is 0 Å².